The van der Waals surface area contributed by atoms with Gasteiger partial charge in [0.1, 0.15) is 0 Å². The van der Waals surface area contributed by atoms with Crippen LogP contribution in [0.3, 0.4) is 0 Å². The second kappa shape index (κ2) is 12.1. The third kappa shape index (κ3) is 6.64. The van der Waals surface area contributed by atoms with Gasteiger partial charge in [-0.25, -0.2) is 0 Å². The number of nitrogens with one attached hydrogen (secondary N) is 4. The van der Waals surface area contributed by atoms with Gasteiger partial charge in [0.15, 0.2) is 0 Å². The van der Waals surface area contributed by atoms with E-state index >= 15 is 0 Å². The summed E-state index contributed by atoms with van der Waals surface area (Å²) in [7, 11) is 0. The summed E-state index contributed by atoms with van der Waals surface area (Å²) in [5.74, 6) is 2.03. The Balaban J connectivity index is 1.15. The Labute approximate surface area is 193 Å². The van der Waals surface area contributed by atoms with Gasteiger partial charge < -0.3 is 32.2 Å². The minimum atomic E-state index is -0.167. The largest absolute Gasteiger partial charge is 0.378 e. The highest BCUT2D eigenvalue weighted by Gasteiger charge is 2.38. The molecule has 0 bridgehead atoms. The number of carbonyl (C=O) groups is 1. The number of hydrogen-bond donors (Lipinski definition) is 6. The van der Waals surface area contributed by atoms with Gasteiger partial charge in [0.05, 0.1) is 18.4 Å². The molecule has 0 radical (unpaired) electrons. The molecule has 1 amide bonds. The van der Waals surface area contributed by atoms with Crippen molar-refractivity contribution >= 4 is 5.91 Å². The van der Waals surface area contributed by atoms with Crippen LogP contribution >= 0.6 is 0 Å². The van der Waals surface area contributed by atoms with Crippen LogP contribution in [0, 0.1) is 23.7 Å². The van der Waals surface area contributed by atoms with Crippen molar-refractivity contribution < 1.29 is 9.53 Å². The standard InChI is InChI=1S/C24H46N6O2/c25-21(30-23(26)17-7-10-27-11-8-17)15-28-20-6-2-4-18(13-20)24(31)29-14-19-5-1-3-16-9-12-32-22(16)19/h16-23,27-28,30H,1-15,25-26H2,(H,29,31). The summed E-state index contributed by atoms with van der Waals surface area (Å²) < 4.78 is 5.99. The Kier molecular flexibility index (Phi) is 9.20. The van der Waals surface area contributed by atoms with Crippen LogP contribution < -0.4 is 32.7 Å². The predicted octanol–water partition coefficient (Wildman–Crippen LogP) is 0.615. The summed E-state index contributed by atoms with van der Waals surface area (Å²) in [6.07, 6.45) is 11.4. The van der Waals surface area contributed by atoms with E-state index in [4.69, 9.17) is 16.2 Å². The van der Waals surface area contributed by atoms with Crippen LogP contribution in [0.1, 0.15) is 64.2 Å². The zero-order valence-electron chi connectivity index (χ0n) is 19.7. The first-order valence-corrected chi connectivity index (χ1v) is 13.2. The lowest BCUT2D eigenvalue weighted by Gasteiger charge is -2.34. The smallest absolute Gasteiger partial charge is 0.223 e. The van der Waals surface area contributed by atoms with Crippen LogP contribution in [0.2, 0.25) is 0 Å². The minimum absolute atomic E-state index is 0.0537. The van der Waals surface area contributed by atoms with Gasteiger partial charge in [0.25, 0.3) is 0 Å². The summed E-state index contributed by atoms with van der Waals surface area (Å²) >= 11 is 0. The van der Waals surface area contributed by atoms with E-state index in [0.29, 0.717) is 30.5 Å². The molecule has 4 rings (SSSR count). The quantitative estimate of drug-likeness (QED) is 0.284. The zero-order valence-corrected chi connectivity index (χ0v) is 19.7. The Morgan fingerprint density at radius 3 is 2.69 bits per heavy atom. The van der Waals surface area contributed by atoms with Crippen LogP contribution in [-0.2, 0) is 9.53 Å². The maximum Gasteiger partial charge on any atom is 0.223 e. The molecule has 4 fully saturated rings. The average Bonchev–Trinajstić information content (AvgIpc) is 3.31. The van der Waals surface area contributed by atoms with Crippen LogP contribution in [-0.4, -0.2) is 63.2 Å². The molecule has 2 saturated carbocycles. The van der Waals surface area contributed by atoms with Crippen molar-refractivity contribution in [3.8, 4) is 0 Å². The summed E-state index contributed by atoms with van der Waals surface area (Å²) in [6.45, 7) is 4.43. The summed E-state index contributed by atoms with van der Waals surface area (Å²) in [5.41, 5.74) is 12.6. The summed E-state index contributed by atoms with van der Waals surface area (Å²) in [4.78, 5) is 12.9. The highest BCUT2D eigenvalue weighted by molar-refractivity contribution is 5.78. The molecule has 2 heterocycles. The van der Waals surface area contributed by atoms with Gasteiger partial charge in [-0.15, -0.1) is 0 Å². The molecule has 8 heteroatoms. The lowest BCUT2D eigenvalue weighted by atomic mass is 9.78. The van der Waals surface area contributed by atoms with E-state index in [9.17, 15) is 4.79 Å². The average molecular weight is 451 g/mol. The van der Waals surface area contributed by atoms with Gasteiger partial charge >= 0.3 is 0 Å². The van der Waals surface area contributed by atoms with Crippen LogP contribution in [0.4, 0.5) is 0 Å². The Morgan fingerprint density at radius 1 is 1.03 bits per heavy atom. The van der Waals surface area contributed by atoms with Crippen molar-refractivity contribution in [2.75, 3.05) is 32.8 Å². The fraction of sp³-hybridized carbons (Fsp3) is 0.958. The minimum Gasteiger partial charge on any atom is -0.378 e. The number of fused-ring (bicyclic) bond motifs is 1. The normalized spacial score (nSPS) is 35.8. The topological polar surface area (TPSA) is 126 Å². The maximum absolute atomic E-state index is 12.9. The Morgan fingerprint density at radius 2 is 1.84 bits per heavy atom. The first-order valence-electron chi connectivity index (χ1n) is 13.2. The molecule has 0 spiro atoms. The number of nitrogens with two attached hydrogens (primary N) is 2. The molecule has 8 N–H and O–H groups in total. The number of carbonyl (C=O) groups excluding carboxylic acids is 1. The van der Waals surface area contributed by atoms with Gasteiger partial charge in [0, 0.05) is 37.6 Å². The number of ether oxygens (including phenoxy) is 1. The third-order valence-corrected chi connectivity index (χ3v) is 8.39. The molecule has 8 nitrogen and oxygen atoms in total. The van der Waals surface area contributed by atoms with Crippen molar-refractivity contribution in [1.29, 1.82) is 0 Å². The van der Waals surface area contributed by atoms with E-state index in [0.717, 1.165) is 70.7 Å². The van der Waals surface area contributed by atoms with E-state index in [-0.39, 0.29) is 24.2 Å². The highest BCUT2D eigenvalue weighted by atomic mass is 16.5. The van der Waals surface area contributed by atoms with Crippen molar-refractivity contribution in [3.63, 3.8) is 0 Å². The number of amides is 1. The predicted molar refractivity (Wildman–Crippen MR) is 127 cm³/mol. The van der Waals surface area contributed by atoms with E-state index in [2.05, 4.69) is 21.3 Å². The van der Waals surface area contributed by atoms with Crippen LogP contribution in [0.25, 0.3) is 0 Å². The molecule has 32 heavy (non-hydrogen) atoms. The second-order valence-electron chi connectivity index (χ2n) is 10.7. The number of rotatable bonds is 9. The van der Waals surface area contributed by atoms with E-state index in [1.165, 1.54) is 25.7 Å². The Bertz CT molecular complexity index is 587. The van der Waals surface area contributed by atoms with Gasteiger partial charge in [-0.3, -0.25) is 10.1 Å². The molecule has 7 unspecified atom stereocenters. The molecule has 2 aliphatic carbocycles. The molecule has 184 valence electrons. The molecule has 4 aliphatic rings. The van der Waals surface area contributed by atoms with E-state index < -0.39 is 0 Å². The lowest BCUT2D eigenvalue weighted by Crippen LogP contribution is -2.57. The van der Waals surface area contributed by atoms with Crippen molar-refractivity contribution in [1.82, 2.24) is 21.3 Å². The summed E-state index contributed by atoms with van der Waals surface area (Å²) in [6, 6.07) is 0.347. The fourth-order valence-corrected chi connectivity index (χ4v) is 6.44. The molecule has 2 aliphatic heterocycles. The van der Waals surface area contributed by atoms with Gasteiger partial charge in [0.2, 0.25) is 5.91 Å². The van der Waals surface area contributed by atoms with Gasteiger partial charge in [-0.2, -0.15) is 0 Å². The molecule has 7 atom stereocenters. The molecular weight excluding hydrogens is 404 g/mol. The first-order chi connectivity index (χ1) is 15.6. The van der Waals surface area contributed by atoms with Crippen molar-refractivity contribution in [2.45, 2.75) is 88.7 Å². The zero-order chi connectivity index (χ0) is 22.3. The molecule has 0 aromatic heterocycles. The van der Waals surface area contributed by atoms with Crippen LogP contribution in [0.15, 0.2) is 0 Å². The van der Waals surface area contributed by atoms with Gasteiger partial charge in [-0.1, -0.05) is 12.8 Å². The third-order valence-electron chi connectivity index (χ3n) is 8.39. The molecular formula is C24H46N6O2. The number of hydrogen-bond acceptors (Lipinski definition) is 7. The van der Waals surface area contributed by atoms with E-state index in [1.807, 2.05) is 0 Å². The fourth-order valence-electron chi connectivity index (χ4n) is 6.44. The number of piperidine rings is 1. The molecule has 0 aromatic carbocycles. The lowest BCUT2D eigenvalue weighted by molar-refractivity contribution is -0.126. The first kappa shape index (κ1) is 24.4. The van der Waals surface area contributed by atoms with Crippen molar-refractivity contribution in [3.05, 3.63) is 0 Å². The van der Waals surface area contributed by atoms with E-state index in [1.54, 1.807) is 0 Å². The Hall–Kier alpha value is -0.770. The maximum atomic E-state index is 12.9. The molecule has 2 saturated heterocycles. The van der Waals surface area contributed by atoms with Crippen molar-refractivity contribution in [2.24, 2.45) is 35.1 Å². The second-order valence-corrected chi connectivity index (χ2v) is 10.7. The summed E-state index contributed by atoms with van der Waals surface area (Å²) in [5, 5.41) is 13.6. The molecule has 0 aromatic rings. The monoisotopic (exact) mass is 450 g/mol. The van der Waals surface area contributed by atoms with Crippen LogP contribution in [0.5, 0.6) is 0 Å². The SMILES string of the molecule is NC(CNC1CCCC(C(=O)NCC2CCCC3CCOC32)C1)NC(N)C1CCNCC1. The highest BCUT2D eigenvalue weighted by Crippen LogP contribution is 2.37. The van der Waals surface area contributed by atoms with Gasteiger partial charge in [-0.05, 0) is 76.3 Å².